The second-order valence-corrected chi connectivity index (χ2v) is 5.26. The standard InChI is InChI=1S/C14H18FN3O3/c1-17-7-3-2-4-11(17)9-16-14(19)10-5-6-13(18(20)21)12(15)8-10/h5-6,8,11H,2-4,7,9H2,1H3,(H,16,19). The molecule has 0 aliphatic carbocycles. The number of nitrogens with zero attached hydrogens (tertiary/aromatic N) is 2. The van der Waals surface area contributed by atoms with E-state index < -0.39 is 22.3 Å². The molecule has 0 spiro atoms. The molecule has 0 aromatic heterocycles. The van der Waals surface area contributed by atoms with Crippen LogP contribution in [0, 0.1) is 15.9 Å². The van der Waals surface area contributed by atoms with Crippen molar-refractivity contribution in [3.63, 3.8) is 0 Å². The fourth-order valence-electron chi connectivity index (χ4n) is 2.51. The number of likely N-dealkylation sites (N-methyl/N-ethyl adjacent to an activating group) is 1. The molecule has 1 N–H and O–H groups in total. The number of carbonyl (C=O) groups is 1. The number of amides is 1. The number of carbonyl (C=O) groups excluding carboxylic acids is 1. The van der Waals surface area contributed by atoms with Crippen LogP contribution < -0.4 is 5.32 Å². The number of nitro benzene ring substituents is 1. The summed E-state index contributed by atoms with van der Waals surface area (Å²) in [4.78, 5) is 23.9. The van der Waals surface area contributed by atoms with Gasteiger partial charge in [-0.05, 0) is 38.6 Å². The average Bonchev–Trinajstić information content (AvgIpc) is 2.45. The summed E-state index contributed by atoms with van der Waals surface area (Å²) in [6, 6.07) is 3.46. The van der Waals surface area contributed by atoms with Crippen LogP contribution in [-0.4, -0.2) is 41.9 Å². The van der Waals surface area contributed by atoms with Gasteiger partial charge in [0.15, 0.2) is 0 Å². The predicted octanol–water partition coefficient (Wildman–Crippen LogP) is 1.95. The Morgan fingerprint density at radius 2 is 2.29 bits per heavy atom. The summed E-state index contributed by atoms with van der Waals surface area (Å²) in [5.74, 6) is -1.41. The summed E-state index contributed by atoms with van der Waals surface area (Å²) in [7, 11) is 2.02. The van der Waals surface area contributed by atoms with Crippen LogP contribution in [0.2, 0.25) is 0 Å². The number of benzene rings is 1. The van der Waals surface area contributed by atoms with Crippen molar-refractivity contribution in [2.24, 2.45) is 0 Å². The Balaban J connectivity index is 1.97. The summed E-state index contributed by atoms with van der Waals surface area (Å²) >= 11 is 0. The monoisotopic (exact) mass is 295 g/mol. The predicted molar refractivity (Wildman–Crippen MR) is 75.7 cm³/mol. The molecule has 1 aromatic rings. The Hall–Kier alpha value is -2.02. The maximum atomic E-state index is 13.5. The highest BCUT2D eigenvalue weighted by Gasteiger charge is 2.21. The van der Waals surface area contributed by atoms with Gasteiger partial charge in [-0.25, -0.2) is 0 Å². The molecular formula is C14H18FN3O3. The third-order valence-electron chi connectivity index (χ3n) is 3.83. The van der Waals surface area contributed by atoms with E-state index in [9.17, 15) is 19.3 Å². The molecule has 2 rings (SSSR count). The zero-order valence-electron chi connectivity index (χ0n) is 11.8. The first-order valence-corrected chi connectivity index (χ1v) is 6.91. The van der Waals surface area contributed by atoms with Gasteiger partial charge in [0.1, 0.15) is 0 Å². The van der Waals surface area contributed by atoms with Gasteiger partial charge in [-0.3, -0.25) is 14.9 Å². The van der Waals surface area contributed by atoms with Gasteiger partial charge in [-0.1, -0.05) is 6.42 Å². The molecule has 1 aliphatic heterocycles. The van der Waals surface area contributed by atoms with Gasteiger partial charge in [-0.15, -0.1) is 0 Å². The molecule has 1 atom stereocenters. The minimum absolute atomic E-state index is 0.0940. The number of piperidine rings is 1. The summed E-state index contributed by atoms with van der Waals surface area (Å²) in [6.07, 6.45) is 3.32. The number of halogens is 1. The fraction of sp³-hybridized carbons (Fsp3) is 0.500. The van der Waals surface area contributed by atoms with E-state index in [2.05, 4.69) is 10.2 Å². The first kappa shape index (κ1) is 15.4. The lowest BCUT2D eigenvalue weighted by molar-refractivity contribution is -0.387. The minimum atomic E-state index is -0.998. The molecule has 7 heteroatoms. The van der Waals surface area contributed by atoms with E-state index in [1.54, 1.807) is 0 Å². The van der Waals surface area contributed by atoms with Gasteiger partial charge in [0.2, 0.25) is 5.82 Å². The van der Waals surface area contributed by atoms with Crippen molar-refractivity contribution in [3.05, 3.63) is 39.7 Å². The van der Waals surface area contributed by atoms with Gasteiger partial charge in [-0.2, -0.15) is 4.39 Å². The zero-order chi connectivity index (χ0) is 15.4. The number of nitro groups is 1. The number of nitrogens with one attached hydrogen (secondary N) is 1. The smallest absolute Gasteiger partial charge is 0.304 e. The number of hydrogen-bond donors (Lipinski definition) is 1. The summed E-state index contributed by atoms with van der Waals surface area (Å²) in [6.45, 7) is 1.50. The van der Waals surface area contributed by atoms with Crippen molar-refractivity contribution in [2.75, 3.05) is 20.1 Å². The van der Waals surface area contributed by atoms with Crippen molar-refractivity contribution >= 4 is 11.6 Å². The van der Waals surface area contributed by atoms with Crippen LogP contribution in [0.4, 0.5) is 10.1 Å². The molecule has 1 fully saturated rings. The molecule has 0 radical (unpaired) electrons. The molecule has 1 amide bonds. The van der Waals surface area contributed by atoms with Crippen LogP contribution in [0.25, 0.3) is 0 Å². The van der Waals surface area contributed by atoms with Crippen LogP contribution in [0.3, 0.4) is 0 Å². The highest BCUT2D eigenvalue weighted by atomic mass is 19.1. The largest absolute Gasteiger partial charge is 0.350 e. The Morgan fingerprint density at radius 1 is 1.52 bits per heavy atom. The SMILES string of the molecule is CN1CCCCC1CNC(=O)c1ccc([N+](=O)[O-])c(F)c1. The van der Waals surface area contributed by atoms with Crippen molar-refractivity contribution in [3.8, 4) is 0 Å². The first-order chi connectivity index (χ1) is 9.99. The number of hydrogen-bond acceptors (Lipinski definition) is 4. The molecule has 114 valence electrons. The van der Waals surface area contributed by atoms with Crippen LogP contribution >= 0.6 is 0 Å². The molecule has 0 bridgehead atoms. The highest BCUT2D eigenvalue weighted by Crippen LogP contribution is 2.18. The molecule has 0 saturated carbocycles. The van der Waals surface area contributed by atoms with Gasteiger partial charge in [0, 0.05) is 24.2 Å². The third kappa shape index (κ3) is 3.75. The molecule has 1 unspecified atom stereocenters. The minimum Gasteiger partial charge on any atom is -0.350 e. The van der Waals surface area contributed by atoms with Crippen LogP contribution in [0.5, 0.6) is 0 Å². The van der Waals surface area contributed by atoms with Gasteiger partial charge < -0.3 is 10.2 Å². The van der Waals surface area contributed by atoms with Gasteiger partial charge >= 0.3 is 5.69 Å². The van der Waals surface area contributed by atoms with Crippen molar-refractivity contribution in [1.29, 1.82) is 0 Å². The van der Waals surface area contributed by atoms with Gasteiger partial charge in [0.05, 0.1) is 4.92 Å². The van der Waals surface area contributed by atoms with Crippen LogP contribution in [0.15, 0.2) is 18.2 Å². The lowest BCUT2D eigenvalue weighted by Gasteiger charge is -2.32. The normalized spacial score (nSPS) is 19.2. The van der Waals surface area contributed by atoms with Crippen LogP contribution in [0.1, 0.15) is 29.6 Å². The first-order valence-electron chi connectivity index (χ1n) is 6.91. The molecule has 6 nitrogen and oxygen atoms in total. The van der Waals surface area contributed by atoms with E-state index in [-0.39, 0.29) is 11.6 Å². The third-order valence-corrected chi connectivity index (χ3v) is 3.83. The molecule has 21 heavy (non-hydrogen) atoms. The molecule has 1 saturated heterocycles. The van der Waals surface area contributed by atoms with Crippen molar-refractivity contribution in [1.82, 2.24) is 10.2 Å². The Labute approximate surface area is 122 Å². The summed E-state index contributed by atoms with van der Waals surface area (Å²) in [5.41, 5.74) is -0.532. The lowest BCUT2D eigenvalue weighted by Crippen LogP contribution is -2.44. The Morgan fingerprint density at radius 3 is 2.90 bits per heavy atom. The summed E-state index contributed by atoms with van der Waals surface area (Å²) < 4.78 is 13.5. The van der Waals surface area contributed by atoms with E-state index in [4.69, 9.17) is 0 Å². The van der Waals surface area contributed by atoms with E-state index in [1.165, 1.54) is 6.07 Å². The molecule has 1 heterocycles. The summed E-state index contributed by atoms with van der Waals surface area (Å²) in [5, 5.41) is 13.3. The number of likely N-dealkylation sites (tertiary alicyclic amines) is 1. The van der Waals surface area contributed by atoms with E-state index in [1.807, 2.05) is 7.05 Å². The Kier molecular flexibility index (Phi) is 4.85. The van der Waals surface area contributed by atoms with Gasteiger partial charge in [0.25, 0.3) is 5.91 Å². The van der Waals surface area contributed by atoms with E-state index in [0.717, 1.165) is 37.9 Å². The van der Waals surface area contributed by atoms with E-state index >= 15 is 0 Å². The number of rotatable bonds is 4. The zero-order valence-corrected chi connectivity index (χ0v) is 11.8. The Bertz CT molecular complexity index is 550. The maximum absolute atomic E-state index is 13.5. The fourth-order valence-corrected chi connectivity index (χ4v) is 2.51. The van der Waals surface area contributed by atoms with Crippen molar-refractivity contribution < 1.29 is 14.1 Å². The second kappa shape index (κ2) is 6.62. The van der Waals surface area contributed by atoms with Crippen molar-refractivity contribution in [2.45, 2.75) is 25.3 Å². The highest BCUT2D eigenvalue weighted by molar-refractivity contribution is 5.94. The topological polar surface area (TPSA) is 75.5 Å². The second-order valence-electron chi connectivity index (χ2n) is 5.26. The molecule has 1 aliphatic rings. The quantitative estimate of drug-likeness (QED) is 0.680. The van der Waals surface area contributed by atoms with Crippen LogP contribution in [-0.2, 0) is 0 Å². The van der Waals surface area contributed by atoms with E-state index in [0.29, 0.717) is 6.54 Å². The average molecular weight is 295 g/mol. The lowest BCUT2D eigenvalue weighted by atomic mass is 10.0. The molecular weight excluding hydrogens is 277 g/mol. The molecule has 1 aromatic carbocycles. The maximum Gasteiger partial charge on any atom is 0.304 e.